The molecule has 1 atom stereocenters. The summed E-state index contributed by atoms with van der Waals surface area (Å²) >= 11 is 1.47. The number of benzene rings is 1. The smallest absolute Gasteiger partial charge is 0.233 e. The first-order chi connectivity index (χ1) is 11.2. The average Bonchev–Trinajstić information content (AvgIpc) is 2.95. The molecule has 0 saturated carbocycles. The van der Waals surface area contributed by atoms with Crippen LogP contribution in [0.25, 0.3) is 11.0 Å². The minimum Gasteiger partial charge on any atom is -0.494 e. The van der Waals surface area contributed by atoms with Crippen LogP contribution in [0, 0.1) is 0 Å². The van der Waals surface area contributed by atoms with Crippen molar-refractivity contribution in [3.8, 4) is 5.75 Å². The summed E-state index contributed by atoms with van der Waals surface area (Å²) in [5.41, 5.74) is 1.84. The predicted molar refractivity (Wildman–Crippen MR) is 93.0 cm³/mol. The molecule has 2 aromatic rings. The Morgan fingerprint density at radius 2 is 2.35 bits per heavy atom. The fourth-order valence-corrected chi connectivity index (χ4v) is 3.74. The lowest BCUT2D eigenvalue weighted by Gasteiger charge is -2.33. The Labute approximate surface area is 140 Å². The van der Waals surface area contributed by atoms with Gasteiger partial charge in [-0.25, -0.2) is 4.98 Å². The molecule has 1 N–H and O–H groups in total. The highest BCUT2D eigenvalue weighted by atomic mass is 32.2. The molecule has 1 amide bonds. The zero-order chi connectivity index (χ0) is 16.2. The van der Waals surface area contributed by atoms with Crippen molar-refractivity contribution in [3.63, 3.8) is 0 Å². The minimum atomic E-state index is 0.206. The van der Waals surface area contributed by atoms with Crippen molar-refractivity contribution < 1.29 is 9.53 Å². The van der Waals surface area contributed by atoms with Crippen LogP contribution in [0.2, 0.25) is 0 Å². The third kappa shape index (κ3) is 3.80. The number of carbonyl (C=O) groups excluding carboxylic acids is 1. The molecule has 124 valence electrons. The van der Waals surface area contributed by atoms with Crippen molar-refractivity contribution in [1.29, 1.82) is 0 Å². The molecule has 1 aliphatic heterocycles. The summed E-state index contributed by atoms with van der Waals surface area (Å²) in [7, 11) is 0. The van der Waals surface area contributed by atoms with Crippen LogP contribution >= 0.6 is 11.8 Å². The van der Waals surface area contributed by atoms with E-state index in [1.165, 1.54) is 18.2 Å². The molecular weight excluding hydrogens is 310 g/mol. The van der Waals surface area contributed by atoms with Crippen molar-refractivity contribution in [2.24, 2.45) is 0 Å². The molecule has 0 bridgehead atoms. The Kier molecular flexibility index (Phi) is 5.10. The van der Waals surface area contributed by atoms with E-state index in [0.29, 0.717) is 18.4 Å². The Bertz CT molecular complexity index is 686. The molecule has 1 aromatic carbocycles. The third-order valence-corrected chi connectivity index (χ3v) is 5.06. The average molecular weight is 333 g/mol. The maximum absolute atomic E-state index is 12.4. The predicted octanol–water partition coefficient (Wildman–Crippen LogP) is 3.45. The number of nitrogens with zero attached hydrogens (tertiary/aromatic N) is 2. The van der Waals surface area contributed by atoms with E-state index in [1.54, 1.807) is 0 Å². The van der Waals surface area contributed by atoms with E-state index in [2.05, 4.69) is 16.9 Å². The molecule has 0 spiro atoms. The molecule has 2 heterocycles. The Hall–Kier alpha value is -1.69. The van der Waals surface area contributed by atoms with Gasteiger partial charge in [0.05, 0.1) is 23.4 Å². The van der Waals surface area contributed by atoms with E-state index >= 15 is 0 Å². The summed E-state index contributed by atoms with van der Waals surface area (Å²) in [4.78, 5) is 22.2. The molecule has 23 heavy (non-hydrogen) atoms. The number of nitrogens with one attached hydrogen (secondary N) is 1. The molecule has 6 heteroatoms. The number of imidazole rings is 1. The Morgan fingerprint density at radius 3 is 3.13 bits per heavy atom. The van der Waals surface area contributed by atoms with Gasteiger partial charge in [-0.3, -0.25) is 4.79 Å². The highest BCUT2D eigenvalue weighted by Gasteiger charge is 2.23. The minimum absolute atomic E-state index is 0.206. The zero-order valence-electron chi connectivity index (χ0n) is 13.7. The first-order valence-electron chi connectivity index (χ1n) is 8.22. The van der Waals surface area contributed by atoms with E-state index in [1.807, 2.05) is 30.0 Å². The maximum atomic E-state index is 12.4. The van der Waals surface area contributed by atoms with Crippen LogP contribution in [0.15, 0.2) is 23.4 Å². The topological polar surface area (TPSA) is 58.2 Å². The highest BCUT2D eigenvalue weighted by molar-refractivity contribution is 7.99. The fraction of sp³-hybridized carbons (Fsp3) is 0.529. The van der Waals surface area contributed by atoms with Gasteiger partial charge >= 0.3 is 0 Å². The van der Waals surface area contributed by atoms with Crippen LogP contribution < -0.4 is 4.74 Å². The van der Waals surface area contributed by atoms with Crippen LogP contribution in [-0.4, -0.2) is 45.7 Å². The van der Waals surface area contributed by atoms with E-state index in [0.717, 1.165) is 41.3 Å². The normalized spacial score (nSPS) is 18.3. The zero-order valence-corrected chi connectivity index (χ0v) is 14.5. The SMILES string of the molecule is CCOc1ccc2nc(SCC(=O)N3CCCCC3C)[nH]c2c1. The molecule has 0 aliphatic carbocycles. The second-order valence-corrected chi connectivity index (χ2v) is 6.84. The van der Waals surface area contributed by atoms with E-state index in [-0.39, 0.29) is 5.91 Å². The number of likely N-dealkylation sites (tertiary alicyclic amines) is 1. The van der Waals surface area contributed by atoms with Gasteiger partial charge in [0.1, 0.15) is 5.75 Å². The second-order valence-electron chi connectivity index (χ2n) is 5.87. The summed E-state index contributed by atoms with van der Waals surface area (Å²) in [6, 6.07) is 6.17. The first-order valence-corrected chi connectivity index (χ1v) is 9.20. The number of H-pyrrole nitrogens is 1. The highest BCUT2D eigenvalue weighted by Crippen LogP contribution is 2.24. The lowest BCUT2D eigenvalue weighted by molar-refractivity contribution is -0.131. The molecule has 0 radical (unpaired) electrons. The summed E-state index contributed by atoms with van der Waals surface area (Å²) in [6.45, 7) is 5.63. The molecule has 1 aliphatic rings. The largest absolute Gasteiger partial charge is 0.494 e. The number of hydrogen-bond acceptors (Lipinski definition) is 4. The fourth-order valence-electron chi connectivity index (χ4n) is 2.97. The quantitative estimate of drug-likeness (QED) is 0.852. The third-order valence-electron chi connectivity index (χ3n) is 4.20. The standard InChI is InChI=1S/C17H23N3O2S/c1-3-22-13-7-8-14-15(10-13)19-17(18-14)23-11-16(21)20-9-5-4-6-12(20)2/h7-8,10,12H,3-6,9,11H2,1-2H3,(H,18,19). The van der Waals surface area contributed by atoms with Crippen molar-refractivity contribution in [3.05, 3.63) is 18.2 Å². The van der Waals surface area contributed by atoms with Crippen LogP contribution in [0.4, 0.5) is 0 Å². The first kappa shape index (κ1) is 16.2. The van der Waals surface area contributed by atoms with Gasteiger partial charge < -0.3 is 14.6 Å². The van der Waals surface area contributed by atoms with Crippen LogP contribution in [0.5, 0.6) is 5.75 Å². The summed E-state index contributed by atoms with van der Waals surface area (Å²) in [5, 5.41) is 0.784. The Morgan fingerprint density at radius 1 is 1.48 bits per heavy atom. The summed E-state index contributed by atoms with van der Waals surface area (Å²) in [6.07, 6.45) is 3.46. The molecule has 3 rings (SSSR count). The maximum Gasteiger partial charge on any atom is 0.233 e. The number of aromatic amines is 1. The van der Waals surface area contributed by atoms with Gasteiger partial charge in [0, 0.05) is 18.7 Å². The number of fused-ring (bicyclic) bond motifs is 1. The molecule has 5 nitrogen and oxygen atoms in total. The van der Waals surface area contributed by atoms with Gasteiger partial charge in [-0.1, -0.05) is 11.8 Å². The van der Waals surface area contributed by atoms with Crippen LogP contribution in [0.3, 0.4) is 0 Å². The number of thioether (sulfide) groups is 1. The van der Waals surface area contributed by atoms with Crippen molar-refractivity contribution in [2.45, 2.75) is 44.3 Å². The van der Waals surface area contributed by atoms with Gasteiger partial charge in [-0.05, 0) is 45.2 Å². The molecule has 1 aromatic heterocycles. The van der Waals surface area contributed by atoms with Gasteiger partial charge in [0.2, 0.25) is 5.91 Å². The number of hydrogen-bond donors (Lipinski definition) is 1. The molecular formula is C17H23N3O2S. The van der Waals surface area contributed by atoms with Crippen LogP contribution in [0.1, 0.15) is 33.1 Å². The summed E-state index contributed by atoms with van der Waals surface area (Å²) in [5.74, 6) is 1.47. The van der Waals surface area contributed by atoms with E-state index < -0.39 is 0 Å². The number of piperidine rings is 1. The van der Waals surface area contributed by atoms with Gasteiger partial charge in [-0.2, -0.15) is 0 Å². The summed E-state index contributed by atoms with van der Waals surface area (Å²) < 4.78 is 5.50. The number of aromatic nitrogens is 2. The molecule has 1 saturated heterocycles. The van der Waals surface area contributed by atoms with Gasteiger partial charge in [0.15, 0.2) is 5.16 Å². The molecule has 1 unspecified atom stereocenters. The monoisotopic (exact) mass is 333 g/mol. The van der Waals surface area contributed by atoms with Crippen molar-refractivity contribution in [2.75, 3.05) is 18.9 Å². The lowest BCUT2D eigenvalue weighted by atomic mass is 10.0. The number of ether oxygens (including phenoxy) is 1. The van der Waals surface area contributed by atoms with Crippen molar-refractivity contribution >= 4 is 28.7 Å². The number of rotatable bonds is 5. The van der Waals surface area contributed by atoms with Gasteiger partial charge in [-0.15, -0.1) is 0 Å². The van der Waals surface area contributed by atoms with Gasteiger partial charge in [0.25, 0.3) is 0 Å². The van der Waals surface area contributed by atoms with Crippen LogP contribution in [-0.2, 0) is 4.79 Å². The van der Waals surface area contributed by atoms with E-state index in [9.17, 15) is 4.79 Å². The Balaban J connectivity index is 1.63. The molecule has 1 fully saturated rings. The lowest BCUT2D eigenvalue weighted by Crippen LogP contribution is -2.42. The number of carbonyl (C=O) groups is 1. The van der Waals surface area contributed by atoms with E-state index in [4.69, 9.17) is 4.74 Å². The van der Waals surface area contributed by atoms with Crippen molar-refractivity contribution in [1.82, 2.24) is 14.9 Å². The number of amides is 1. The second kappa shape index (κ2) is 7.25.